The highest BCUT2D eigenvalue weighted by Gasteiger charge is 2.25. The fraction of sp³-hybridized carbons (Fsp3) is 0.375. The molecule has 8 heteroatoms. The number of H-pyrrole nitrogens is 1. The van der Waals surface area contributed by atoms with Gasteiger partial charge in [-0.25, -0.2) is 9.97 Å². The monoisotopic (exact) mass is 329 g/mol. The van der Waals surface area contributed by atoms with Gasteiger partial charge in [-0.3, -0.25) is 9.59 Å². The normalized spacial score (nSPS) is 17.4. The number of pyridine rings is 1. The van der Waals surface area contributed by atoms with Gasteiger partial charge in [0, 0.05) is 37.7 Å². The Balaban J connectivity index is 1.70. The molecule has 8 nitrogen and oxygen atoms in total. The number of carbonyl (C=O) groups excluding carboxylic acids is 1. The molecular weight excluding hydrogens is 310 g/mol. The summed E-state index contributed by atoms with van der Waals surface area (Å²) in [6.45, 7) is 1.27. The third-order valence-electron chi connectivity index (χ3n) is 3.95. The molecule has 0 saturated carbocycles. The van der Waals surface area contributed by atoms with Gasteiger partial charge in [-0.1, -0.05) is 0 Å². The number of amides is 1. The molecule has 2 N–H and O–H groups in total. The summed E-state index contributed by atoms with van der Waals surface area (Å²) in [5, 5.41) is 2.99. The molecule has 1 aliphatic rings. The lowest BCUT2D eigenvalue weighted by molar-refractivity contribution is 0.0929. The molecule has 126 valence electrons. The zero-order valence-corrected chi connectivity index (χ0v) is 13.4. The van der Waals surface area contributed by atoms with Crippen LogP contribution in [-0.4, -0.2) is 47.1 Å². The number of anilines is 1. The Labute approximate surface area is 138 Å². The topological polar surface area (TPSA) is 100 Å². The van der Waals surface area contributed by atoms with Crippen LogP contribution in [0.15, 0.2) is 35.5 Å². The molecule has 0 bridgehead atoms. The number of nitrogens with one attached hydrogen (secondary N) is 2. The van der Waals surface area contributed by atoms with Gasteiger partial charge in [0.05, 0.1) is 7.11 Å². The number of rotatable bonds is 4. The minimum absolute atomic E-state index is 0.0717. The van der Waals surface area contributed by atoms with Crippen molar-refractivity contribution >= 4 is 11.7 Å². The molecule has 2 aromatic rings. The van der Waals surface area contributed by atoms with E-state index in [2.05, 4.69) is 20.3 Å². The molecule has 1 atom stereocenters. The molecule has 1 saturated heterocycles. The van der Waals surface area contributed by atoms with Gasteiger partial charge in [-0.05, 0) is 25.0 Å². The predicted molar refractivity (Wildman–Crippen MR) is 88.3 cm³/mol. The van der Waals surface area contributed by atoms with Crippen molar-refractivity contribution in [2.75, 3.05) is 25.1 Å². The van der Waals surface area contributed by atoms with Gasteiger partial charge in [0.2, 0.25) is 5.88 Å². The SMILES string of the molecule is COc1ncccc1C(=O)N[C@@H]1CCCN(c2ncc[nH]c2=O)C1. The van der Waals surface area contributed by atoms with Crippen LogP contribution in [0, 0.1) is 0 Å². The standard InChI is InChI=1S/C16H19N5O3/c1-24-16-12(5-2-6-19-16)14(22)20-11-4-3-9-21(10-11)13-15(23)18-8-7-17-13/h2,5-8,11H,3-4,9-10H2,1H3,(H,18,23)(H,20,22)/t11-/m1/s1. The Kier molecular flexibility index (Phi) is 4.74. The Bertz CT molecular complexity index is 776. The molecule has 3 rings (SSSR count). The lowest BCUT2D eigenvalue weighted by Gasteiger charge is -2.33. The van der Waals surface area contributed by atoms with E-state index < -0.39 is 0 Å². The first-order chi connectivity index (χ1) is 11.7. The van der Waals surface area contributed by atoms with E-state index in [1.807, 2.05) is 4.90 Å². The number of hydrogen-bond acceptors (Lipinski definition) is 6. The minimum Gasteiger partial charge on any atom is -0.480 e. The van der Waals surface area contributed by atoms with Crippen LogP contribution in [0.5, 0.6) is 5.88 Å². The summed E-state index contributed by atoms with van der Waals surface area (Å²) in [4.78, 5) is 37.0. The predicted octanol–water partition coefficient (Wildman–Crippen LogP) is 0.572. The zero-order valence-electron chi connectivity index (χ0n) is 13.4. The summed E-state index contributed by atoms with van der Waals surface area (Å²) in [7, 11) is 1.48. The first-order valence-corrected chi connectivity index (χ1v) is 7.77. The highest BCUT2D eigenvalue weighted by atomic mass is 16.5. The average molecular weight is 329 g/mol. The van der Waals surface area contributed by atoms with Gasteiger partial charge in [0.25, 0.3) is 11.5 Å². The third kappa shape index (κ3) is 3.37. The van der Waals surface area contributed by atoms with Gasteiger partial charge in [-0.15, -0.1) is 0 Å². The van der Waals surface area contributed by atoms with E-state index >= 15 is 0 Å². The first-order valence-electron chi connectivity index (χ1n) is 7.77. The smallest absolute Gasteiger partial charge is 0.290 e. The first kappa shape index (κ1) is 16.0. The Morgan fingerprint density at radius 1 is 1.42 bits per heavy atom. The molecule has 3 heterocycles. The molecular formula is C16H19N5O3. The second-order valence-corrected chi connectivity index (χ2v) is 5.56. The highest BCUT2D eigenvalue weighted by Crippen LogP contribution is 2.17. The minimum atomic E-state index is -0.235. The average Bonchev–Trinajstić information content (AvgIpc) is 2.62. The van der Waals surface area contributed by atoms with Crippen molar-refractivity contribution in [3.05, 3.63) is 46.6 Å². The number of aromatic nitrogens is 3. The van der Waals surface area contributed by atoms with Crippen LogP contribution in [0.4, 0.5) is 5.82 Å². The Morgan fingerprint density at radius 2 is 2.29 bits per heavy atom. The molecule has 2 aromatic heterocycles. The van der Waals surface area contributed by atoms with Gasteiger partial charge < -0.3 is 19.9 Å². The van der Waals surface area contributed by atoms with Gasteiger partial charge >= 0.3 is 0 Å². The van der Waals surface area contributed by atoms with Gasteiger partial charge in [0.1, 0.15) is 5.56 Å². The third-order valence-corrected chi connectivity index (χ3v) is 3.95. The summed E-state index contributed by atoms with van der Waals surface area (Å²) in [5.41, 5.74) is 0.172. The summed E-state index contributed by atoms with van der Waals surface area (Å²) in [6, 6.07) is 3.29. The second-order valence-electron chi connectivity index (χ2n) is 5.56. The van der Waals surface area contributed by atoms with Crippen LogP contribution in [0.1, 0.15) is 23.2 Å². The molecule has 0 unspecified atom stereocenters. The zero-order chi connectivity index (χ0) is 16.9. The van der Waals surface area contributed by atoms with E-state index in [0.29, 0.717) is 23.8 Å². The summed E-state index contributed by atoms with van der Waals surface area (Å²) in [6.07, 6.45) is 6.34. The number of methoxy groups -OCH3 is 1. The lowest BCUT2D eigenvalue weighted by atomic mass is 10.1. The van der Waals surface area contributed by atoms with Crippen LogP contribution >= 0.6 is 0 Å². The molecule has 1 fully saturated rings. The van der Waals surface area contributed by atoms with Crippen molar-refractivity contribution in [2.24, 2.45) is 0 Å². The van der Waals surface area contributed by atoms with E-state index in [4.69, 9.17) is 4.74 Å². The molecule has 24 heavy (non-hydrogen) atoms. The fourth-order valence-electron chi connectivity index (χ4n) is 2.85. The number of aromatic amines is 1. The van der Waals surface area contributed by atoms with E-state index in [-0.39, 0.29) is 17.5 Å². The Morgan fingerprint density at radius 3 is 3.08 bits per heavy atom. The maximum atomic E-state index is 12.5. The van der Waals surface area contributed by atoms with Crippen LogP contribution in [0.25, 0.3) is 0 Å². The molecule has 1 aliphatic heterocycles. The van der Waals surface area contributed by atoms with E-state index in [9.17, 15) is 9.59 Å². The van der Waals surface area contributed by atoms with Gasteiger partial charge in [-0.2, -0.15) is 0 Å². The van der Waals surface area contributed by atoms with Crippen molar-refractivity contribution < 1.29 is 9.53 Å². The maximum absolute atomic E-state index is 12.5. The van der Waals surface area contributed by atoms with Crippen LogP contribution in [0.2, 0.25) is 0 Å². The molecule has 1 amide bonds. The lowest BCUT2D eigenvalue weighted by Crippen LogP contribution is -2.49. The van der Waals surface area contributed by atoms with Crippen molar-refractivity contribution in [3.8, 4) is 5.88 Å². The van der Waals surface area contributed by atoms with Crippen molar-refractivity contribution in [3.63, 3.8) is 0 Å². The Hall–Kier alpha value is -2.90. The molecule has 0 aliphatic carbocycles. The second kappa shape index (κ2) is 7.12. The summed E-state index contributed by atoms with van der Waals surface area (Å²) in [5.74, 6) is 0.445. The number of nitrogens with zero attached hydrogens (tertiary/aromatic N) is 3. The fourth-order valence-corrected chi connectivity index (χ4v) is 2.85. The number of hydrogen-bond donors (Lipinski definition) is 2. The van der Waals surface area contributed by atoms with E-state index in [1.165, 1.54) is 13.3 Å². The van der Waals surface area contributed by atoms with Crippen molar-refractivity contribution in [2.45, 2.75) is 18.9 Å². The van der Waals surface area contributed by atoms with E-state index in [0.717, 1.165) is 19.4 Å². The molecule has 0 spiro atoms. The highest BCUT2D eigenvalue weighted by molar-refractivity contribution is 5.96. The number of piperidine rings is 1. The van der Waals surface area contributed by atoms with Gasteiger partial charge in [0.15, 0.2) is 5.82 Å². The van der Waals surface area contributed by atoms with Crippen LogP contribution < -0.4 is 20.5 Å². The quantitative estimate of drug-likeness (QED) is 0.851. The number of carbonyl (C=O) groups is 1. The largest absolute Gasteiger partial charge is 0.480 e. The maximum Gasteiger partial charge on any atom is 0.290 e. The van der Waals surface area contributed by atoms with E-state index in [1.54, 1.807) is 24.5 Å². The van der Waals surface area contributed by atoms with Crippen molar-refractivity contribution in [1.29, 1.82) is 0 Å². The number of ether oxygens (including phenoxy) is 1. The summed E-state index contributed by atoms with van der Waals surface area (Å²) < 4.78 is 5.12. The molecule has 0 aromatic carbocycles. The van der Waals surface area contributed by atoms with Crippen LogP contribution in [0.3, 0.4) is 0 Å². The molecule has 0 radical (unpaired) electrons. The summed E-state index contributed by atoms with van der Waals surface area (Å²) >= 11 is 0. The van der Waals surface area contributed by atoms with Crippen molar-refractivity contribution in [1.82, 2.24) is 20.3 Å². The van der Waals surface area contributed by atoms with Crippen LogP contribution in [-0.2, 0) is 0 Å².